The summed E-state index contributed by atoms with van der Waals surface area (Å²) in [5.41, 5.74) is 3.12. The number of anilines is 1. The molecule has 0 atom stereocenters. The van der Waals surface area contributed by atoms with Crippen LogP contribution in [0.1, 0.15) is 46.9 Å². The molecular weight excluding hydrogens is 340 g/mol. The van der Waals surface area contributed by atoms with E-state index in [2.05, 4.69) is 16.0 Å². The number of hydrogen-bond donors (Lipinski definition) is 0. The number of rotatable bonds is 3. The van der Waals surface area contributed by atoms with Crippen LogP contribution in [0.25, 0.3) is 0 Å². The second-order valence-corrected chi connectivity index (χ2v) is 7.61. The number of carbonyl (C=O) groups is 1. The quantitative estimate of drug-likeness (QED) is 0.838. The van der Waals surface area contributed by atoms with Gasteiger partial charge in [-0.15, -0.1) is 0 Å². The molecule has 3 heterocycles. The lowest BCUT2D eigenvalue weighted by Gasteiger charge is -2.24. The molecule has 6 nitrogen and oxygen atoms in total. The number of amides is 1. The summed E-state index contributed by atoms with van der Waals surface area (Å²) in [6, 6.07) is 6.27. The van der Waals surface area contributed by atoms with Crippen molar-refractivity contribution < 1.29 is 4.79 Å². The number of pyridine rings is 2. The molecule has 1 amide bonds. The highest BCUT2D eigenvalue weighted by atomic mass is 16.2. The van der Waals surface area contributed by atoms with Gasteiger partial charge in [-0.1, -0.05) is 0 Å². The maximum atomic E-state index is 13.2. The van der Waals surface area contributed by atoms with Crippen LogP contribution in [0, 0.1) is 13.8 Å². The normalized spacial score (nSPS) is 17.7. The zero-order chi connectivity index (χ0) is 19.0. The molecule has 0 bridgehead atoms. The minimum atomic E-state index is -0.131. The molecule has 0 N–H and O–H groups in total. The molecule has 2 aliphatic rings. The molecule has 1 aliphatic heterocycles. The fourth-order valence-corrected chi connectivity index (χ4v) is 3.81. The number of aromatic nitrogens is 2. The summed E-state index contributed by atoms with van der Waals surface area (Å²) in [5, 5.41) is 0. The Kier molecular flexibility index (Phi) is 4.72. The van der Waals surface area contributed by atoms with Crippen molar-refractivity contribution in [3.05, 3.63) is 57.8 Å². The average molecular weight is 366 g/mol. The molecule has 2 fully saturated rings. The Morgan fingerprint density at radius 3 is 2.67 bits per heavy atom. The first-order valence-electron chi connectivity index (χ1n) is 9.73. The lowest BCUT2D eigenvalue weighted by Crippen LogP contribution is -2.39. The maximum Gasteiger partial charge on any atom is 0.263 e. The van der Waals surface area contributed by atoms with Gasteiger partial charge in [-0.25, -0.2) is 0 Å². The third-order valence-electron chi connectivity index (χ3n) is 5.51. The first kappa shape index (κ1) is 17.8. The largest absolute Gasteiger partial charge is 0.370 e. The summed E-state index contributed by atoms with van der Waals surface area (Å²) >= 11 is 0. The van der Waals surface area contributed by atoms with Gasteiger partial charge in [0.25, 0.3) is 11.5 Å². The van der Waals surface area contributed by atoms with E-state index in [1.165, 1.54) is 0 Å². The molecule has 0 radical (unpaired) electrons. The van der Waals surface area contributed by atoms with Crippen LogP contribution in [-0.4, -0.2) is 46.5 Å². The van der Waals surface area contributed by atoms with Crippen LogP contribution < -0.4 is 10.5 Å². The standard InChI is InChI=1S/C21H26N4O2/c1-15-7-11-25(17-4-5-17)21(27)19(15)20(26)24-10-3-9-23(12-13-24)18-6-8-22-16(2)14-18/h6-8,11,14,17H,3-5,9-10,12-13H2,1-2H3. The summed E-state index contributed by atoms with van der Waals surface area (Å²) in [7, 11) is 0. The average Bonchev–Trinajstić information content (AvgIpc) is 3.48. The van der Waals surface area contributed by atoms with Crippen LogP contribution in [-0.2, 0) is 0 Å². The molecule has 0 spiro atoms. The van der Waals surface area contributed by atoms with E-state index < -0.39 is 0 Å². The van der Waals surface area contributed by atoms with Crippen LogP contribution in [0.2, 0.25) is 0 Å². The van der Waals surface area contributed by atoms with Gasteiger partial charge in [0.15, 0.2) is 0 Å². The van der Waals surface area contributed by atoms with E-state index >= 15 is 0 Å². The predicted octanol–water partition coefficient (Wildman–Crippen LogP) is 2.55. The van der Waals surface area contributed by atoms with Crippen molar-refractivity contribution in [2.45, 2.75) is 39.2 Å². The van der Waals surface area contributed by atoms with Crippen molar-refractivity contribution in [1.29, 1.82) is 0 Å². The molecule has 0 aromatic carbocycles. The summed E-state index contributed by atoms with van der Waals surface area (Å²) in [5.74, 6) is -0.125. The lowest BCUT2D eigenvalue weighted by molar-refractivity contribution is 0.0763. The molecule has 0 unspecified atom stereocenters. The van der Waals surface area contributed by atoms with Gasteiger partial charge in [0, 0.05) is 56.0 Å². The van der Waals surface area contributed by atoms with E-state index in [1.54, 1.807) is 4.57 Å². The first-order valence-corrected chi connectivity index (χ1v) is 9.73. The molecule has 2 aromatic rings. The van der Waals surface area contributed by atoms with Gasteiger partial charge in [-0.05, 0) is 56.9 Å². The van der Waals surface area contributed by atoms with Gasteiger partial charge in [0.1, 0.15) is 5.56 Å². The van der Waals surface area contributed by atoms with Crippen LogP contribution in [0.5, 0.6) is 0 Å². The van der Waals surface area contributed by atoms with Gasteiger partial charge in [-0.2, -0.15) is 0 Å². The summed E-state index contributed by atoms with van der Waals surface area (Å²) in [6.07, 6.45) is 6.60. The van der Waals surface area contributed by atoms with Crippen molar-refractivity contribution in [1.82, 2.24) is 14.5 Å². The maximum absolute atomic E-state index is 13.2. The van der Waals surface area contributed by atoms with Gasteiger partial charge < -0.3 is 14.4 Å². The number of carbonyl (C=O) groups excluding carboxylic acids is 1. The van der Waals surface area contributed by atoms with Crippen molar-refractivity contribution in [3.8, 4) is 0 Å². The van der Waals surface area contributed by atoms with E-state index in [4.69, 9.17) is 0 Å². The van der Waals surface area contributed by atoms with Crippen molar-refractivity contribution in [2.75, 3.05) is 31.1 Å². The first-order chi connectivity index (χ1) is 13.0. The lowest BCUT2D eigenvalue weighted by atomic mass is 10.1. The minimum Gasteiger partial charge on any atom is -0.370 e. The molecular formula is C21H26N4O2. The fourth-order valence-electron chi connectivity index (χ4n) is 3.81. The molecule has 27 heavy (non-hydrogen) atoms. The number of nitrogens with zero attached hydrogens (tertiary/aromatic N) is 4. The van der Waals surface area contributed by atoms with E-state index in [1.807, 2.05) is 43.3 Å². The van der Waals surface area contributed by atoms with E-state index in [0.29, 0.717) is 18.7 Å². The Morgan fingerprint density at radius 1 is 1.11 bits per heavy atom. The second kappa shape index (κ2) is 7.18. The minimum absolute atomic E-state index is 0.125. The molecule has 1 saturated carbocycles. The van der Waals surface area contributed by atoms with Crippen molar-refractivity contribution in [3.63, 3.8) is 0 Å². The summed E-state index contributed by atoms with van der Waals surface area (Å²) in [6.45, 7) is 6.80. The fraction of sp³-hybridized carbons (Fsp3) is 0.476. The van der Waals surface area contributed by atoms with Gasteiger partial charge in [0.05, 0.1) is 0 Å². The zero-order valence-electron chi connectivity index (χ0n) is 16.0. The molecule has 4 rings (SSSR count). The second-order valence-electron chi connectivity index (χ2n) is 7.61. The molecule has 2 aromatic heterocycles. The SMILES string of the molecule is Cc1cc(N2CCCN(C(=O)c3c(C)ccn(C4CC4)c3=O)CC2)ccn1. The molecule has 1 aliphatic carbocycles. The highest BCUT2D eigenvalue weighted by Gasteiger charge is 2.29. The van der Waals surface area contributed by atoms with Crippen LogP contribution in [0.3, 0.4) is 0 Å². The van der Waals surface area contributed by atoms with Crippen LogP contribution in [0.15, 0.2) is 35.4 Å². The highest BCUT2D eigenvalue weighted by molar-refractivity contribution is 5.95. The Hall–Kier alpha value is -2.63. The Labute approximate surface area is 159 Å². The Morgan fingerprint density at radius 2 is 1.93 bits per heavy atom. The number of hydrogen-bond acceptors (Lipinski definition) is 4. The third-order valence-corrected chi connectivity index (χ3v) is 5.51. The molecule has 142 valence electrons. The molecule has 1 saturated heterocycles. The topological polar surface area (TPSA) is 58.4 Å². The smallest absolute Gasteiger partial charge is 0.263 e. The van der Waals surface area contributed by atoms with Crippen molar-refractivity contribution >= 4 is 11.6 Å². The van der Waals surface area contributed by atoms with Gasteiger partial charge in [0.2, 0.25) is 0 Å². The Balaban J connectivity index is 1.54. The highest BCUT2D eigenvalue weighted by Crippen LogP contribution is 2.33. The summed E-state index contributed by atoms with van der Waals surface area (Å²) < 4.78 is 1.74. The van der Waals surface area contributed by atoms with E-state index in [9.17, 15) is 9.59 Å². The van der Waals surface area contributed by atoms with E-state index in [0.717, 1.165) is 49.3 Å². The Bertz CT molecular complexity index is 917. The van der Waals surface area contributed by atoms with Crippen LogP contribution >= 0.6 is 0 Å². The number of aryl methyl sites for hydroxylation is 2. The van der Waals surface area contributed by atoms with Gasteiger partial charge in [-0.3, -0.25) is 14.6 Å². The molecule has 6 heteroatoms. The zero-order valence-corrected chi connectivity index (χ0v) is 16.0. The van der Waals surface area contributed by atoms with Crippen molar-refractivity contribution in [2.24, 2.45) is 0 Å². The summed E-state index contributed by atoms with van der Waals surface area (Å²) in [4.78, 5) is 34.4. The van der Waals surface area contributed by atoms with Gasteiger partial charge >= 0.3 is 0 Å². The van der Waals surface area contributed by atoms with E-state index in [-0.39, 0.29) is 17.5 Å². The van der Waals surface area contributed by atoms with Crippen LogP contribution in [0.4, 0.5) is 5.69 Å². The monoisotopic (exact) mass is 366 g/mol. The third kappa shape index (κ3) is 3.61. The predicted molar refractivity (Wildman–Crippen MR) is 105 cm³/mol.